The number of piperidine rings is 1. The van der Waals surface area contributed by atoms with Crippen LogP contribution in [0.3, 0.4) is 0 Å². The molecule has 32 heavy (non-hydrogen) atoms. The fourth-order valence-corrected chi connectivity index (χ4v) is 5.90. The summed E-state index contributed by atoms with van der Waals surface area (Å²) >= 11 is 7.97. The minimum atomic E-state index is -0.537. The van der Waals surface area contributed by atoms with E-state index < -0.39 is 6.10 Å². The number of fused-ring (bicyclic) bond motifs is 1. The molecule has 1 aromatic carbocycles. The minimum Gasteiger partial charge on any atom is -0.490 e. The number of hydrogen-bond donors (Lipinski definition) is 1. The first kappa shape index (κ1) is 23.4. The smallest absolute Gasteiger partial charge is 0.137 e. The maximum atomic E-state index is 10.7. The van der Waals surface area contributed by atoms with Crippen LogP contribution in [-0.4, -0.2) is 41.8 Å². The first-order valence-electron chi connectivity index (χ1n) is 11.3. The van der Waals surface area contributed by atoms with Crippen LogP contribution < -0.4 is 4.74 Å². The molecule has 0 bridgehead atoms. The number of halogens is 1. The van der Waals surface area contributed by atoms with Gasteiger partial charge in [-0.1, -0.05) is 17.7 Å². The second-order valence-corrected chi connectivity index (χ2v) is 10.8. The summed E-state index contributed by atoms with van der Waals surface area (Å²) in [4.78, 5) is 5.16. The molecule has 4 nitrogen and oxygen atoms in total. The average Bonchev–Trinajstić information content (AvgIpc) is 3.29. The maximum Gasteiger partial charge on any atom is 0.137 e. The number of furan rings is 1. The van der Waals surface area contributed by atoms with E-state index in [0.717, 1.165) is 46.9 Å². The van der Waals surface area contributed by atoms with E-state index in [1.807, 2.05) is 49.4 Å². The van der Waals surface area contributed by atoms with E-state index in [4.69, 9.17) is 20.8 Å². The fourth-order valence-electron chi connectivity index (χ4n) is 4.63. The molecule has 3 atom stereocenters. The van der Waals surface area contributed by atoms with Crippen molar-refractivity contribution in [2.24, 2.45) is 0 Å². The zero-order chi connectivity index (χ0) is 22.8. The normalized spacial score (nSPS) is 21.2. The molecular weight excluding hydrogens is 442 g/mol. The molecule has 4 rings (SSSR count). The first-order chi connectivity index (χ1) is 15.3. The molecule has 2 aromatic heterocycles. The molecule has 1 N–H and O–H groups in total. The van der Waals surface area contributed by atoms with E-state index >= 15 is 0 Å². The summed E-state index contributed by atoms with van der Waals surface area (Å²) < 4.78 is 11.6. The Bertz CT molecular complexity index is 1100. The summed E-state index contributed by atoms with van der Waals surface area (Å²) in [5, 5.41) is 12.4. The molecule has 1 aliphatic rings. The lowest BCUT2D eigenvalue weighted by atomic mass is 9.90. The topological polar surface area (TPSA) is 45.8 Å². The minimum absolute atomic E-state index is 0.271. The highest BCUT2D eigenvalue weighted by Gasteiger charge is 2.29. The first-order valence-corrected chi connectivity index (χ1v) is 12.5. The number of hydrogen-bond acceptors (Lipinski definition) is 5. The SMILES string of the molecule is C/C(Cl)=C\c1cc(C2CCN(CC(O)COc3cccc4oc(C)cc34)[C@@H](C)C2)sc1C. The van der Waals surface area contributed by atoms with Crippen molar-refractivity contribution in [1.82, 2.24) is 4.90 Å². The van der Waals surface area contributed by atoms with Crippen LogP contribution in [0.2, 0.25) is 0 Å². The van der Waals surface area contributed by atoms with Crippen LogP contribution in [0.4, 0.5) is 0 Å². The Morgan fingerprint density at radius 1 is 1.38 bits per heavy atom. The third-order valence-electron chi connectivity index (χ3n) is 6.27. The lowest BCUT2D eigenvalue weighted by Gasteiger charge is -2.38. The Labute approximate surface area is 199 Å². The van der Waals surface area contributed by atoms with Gasteiger partial charge in [0.1, 0.15) is 29.8 Å². The Morgan fingerprint density at radius 3 is 2.94 bits per heavy atom. The van der Waals surface area contributed by atoms with Gasteiger partial charge in [-0.15, -0.1) is 11.3 Å². The number of rotatable bonds is 7. The van der Waals surface area contributed by atoms with Crippen molar-refractivity contribution in [3.8, 4) is 5.75 Å². The summed E-state index contributed by atoms with van der Waals surface area (Å²) in [7, 11) is 0. The molecule has 0 radical (unpaired) electrons. The Morgan fingerprint density at radius 2 is 2.19 bits per heavy atom. The largest absolute Gasteiger partial charge is 0.490 e. The summed E-state index contributed by atoms with van der Waals surface area (Å²) in [5.41, 5.74) is 2.05. The highest BCUT2D eigenvalue weighted by atomic mass is 35.5. The number of ether oxygens (including phenoxy) is 1. The van der Waals surface area contributed by atoms with Gasteiger partial charge in [-0.25, -0.2) is 0 Å². The summed E-state index contributed by atoms with van der Waals surface area (Å²) in [6.07, 6.45) is 3.72. The second-order valence-electron chi connectivity index (χ2n) is 8.95. The van der Waals surface area contributed by atoms with Gasteiger partial charge >= 0.3 is 0 Å². The van der Waals surface area contributed by atoms with Gasteiger partial charge in [0.25, 0.3) is 0 Å². The van der Waals surface area contributed by atoms with Crippen molar-refractivity contribution in [2.75, 3.05) is 19.7 Å². The predicted octanol–water partition coefficient (Wildman–Crippen LogP) is 6.72. The monoisotopic (exact) mass is 473 g/mol. The summed E-state index contributed by atoms with van der Waals surface area (Å²) in [6, 6.07) is 10.5. The third kappa shape index (κ3) is 5.40. The molecule has 0 spiro atoms. The van der Waals surface area contributed by atoms with E-state index in [1.165, 1.54) is 15.3 Å². The van der Waals surface area contributed by atoms with Crippen molar-refractivity contribution in [1.29, 1.82) is 0 Å². The highest BCUT2D eigenvalue weighted by Crippen LogP contribution is 2.37. The van der Waals surface area contributed by atoms with E-state index in [0.29, 0.717) is 18.5 Å². The van der Waals surface area contributed by atoms with Gasteiger partial charge < -0.3 is 14.3 Å². The third-order valence-corrected chi connectivity index (χ3v) is 7.60. The number of β-amino-alcohol motifs (C(OH)–C–C–N with tert-alkyl or cyclic N) is 1. The number of benzene rings is 1. The summed E-state index contributed by atoms with van der Waals surface area (Å²) in [6.45, 7) is 10.2. The van der Waals surface area contributed by atoms with Gasteiger partial charge in [-0.05, 0) is 88.9 Å². The molecule has 0 aliphatic carbocycles. The van der Waals surface area contributed by atoms with Crippen LogP contribution in [-0.2, 0) is 0 Å². The van der Waals surface area contributed by atoms with Gasteiger partial charge in [0.2, 0.25) is 0 Å². The molecule has 0 amide bonds. The Hall–Kier alpha value is -1.79. The van der Waals surface area contributed by atoms with Gasteiger partial charge in [-0.2, -0.15) is 0 Å². The molecular formula is C26H32ClNO3S. The standard InChI is InChI=1S/C26H32ClNO3S/c1-16(27)10-21-13-26(32-19(21)4)20-8-9-28(17(2)11-20)14-22(29)15-30-24-6-5-7-25-23(24)12-18(3)31-25/h5-7,10,12-13,17,20,22,29H,8-9,11,14-15H2,1-4H3/b16-10+/t17-,20?,22?/m0/s1. The Balaban J connectivity index is 1.31. The van der Waals surface area contributed by atoms with Crippen LogP contribution in [0.1, 0.15) is 53.7 Å². The van der Waals surface area contributed by atoms with Gasteiger partial charge in [0.05, 0.1) is 5.39 Å². The maximum absolute atomic E-state index is 10.7. The van der Waals surface area contributed by atoms with Gasteiger partial charge in [0, 0.05) is 27.4 Å². The number of thiophene rings is 1. The van der Waals surface area contributed by atoms with Crippen LogP contribution in [0.25, 0.3) is 17.0 Å². The van der Waals surface area contributed by atoms with E-state index in [1.54, 1.807) is 0 Å². The molecule has 1 fully saturated rings. The lowest BCUT2D eigenvalue weighted by molar-refractivity contribution is 0.0408. The quantitative estimate of drug-likeness (QED) is 0.413. The summed E-state index contributed by atoms with van der Waals surface area (Å²) in [5.74, 6) is 2.18. The van der Waals surface area contributed by atoms with Gasteiger partial charge in [-0.3, -0.25) is 4.90 Å². The van der Waals surface area contributed by atoms with E-state index in [2.05, 4.69) is 30.9 Å². The molecule has 1 saturated heterocycles. The van der Waals surface area contributed by atoms with Gasteiger partial charge in [0.15, 0.2) is 0 Å². The van der Waals surface area contributed by atoms with E-state index in [-0.39, 0.29) is 6.61 Å². The zero-order valence-electron chi connectivity index (χ0n) is 19.2. The number of allylic oxidation sites excluding steroid dienone is 1. The highest BCUT2D eigenvalue weighted by molar-refractivity contribution is 7.12. The van der Waals surface area contributed by atoms with Crippen molar-refractivity contribution >= 4 is 40.0 Å². The van der Waals surface area contributed by atoms with Crippen LogP contribution in [0, 0.1) is 13.8 Å². The Kier molecular flexibility index (Phi) is 7.30. The van der Waals surface area contributed by atoms with Crippen LogP contribution in [0.5, 0.6) is 5.75 Å². The van der Waals surface area contributed by atoms with Crippen molar-refractivity contribution < 1.29 is 14.3 Å². The molecule has 1 aliphatic heterocycles. The molecule has 3 aromatic rings. The van der Waals surface area contributed by atoms with Crippen molar-refractivity contribution in [3.63, 3.8) is 0 Å². The second kappa shape index (κ2) is 10.0. The fraction of sp³-hybridized carbons (Fsp3) is 0.462. The number of aliphatic hydroxyl groups is 1. The molecule has 0 saturated carbocycles. The van der Waals surface area contributed by atoms with Crippen LogP contribution >= 0.6 is 22.9 Å². The van der Waals surface area contributed by atoms with Crippen molar-refractivity contribution in [2.45, 2.75) is 58.6 Å². The average molecular weight is 474 g/mol. The van der Waals surface area contributed by atoms with E-state index in [9.17, 15) is 5.11 Å². The molecule has 2 unspecified atom stereocenters. The molecule has 3 heterocycles. The molecule has 172 valence electrons. The lowest BCUT2D eigenvalue weighted by Crippen LogP contribution is -2.45. The number of aliphatic hydroxyl groups excluding tert-OH is 1. The number of aryl methyl sites for hydroxylation is 2. The molecule has 6 heteroatoms. The van der Waals surface area contributed by atoms with Crippen LogP contribution in [0.15, 0.2) is 39.8 Å². The van der Waals surface area contributed by atoms with Crippen molar-refractivity contribution in [3.05, 3.63) is 56.4 Å². The zero-order valence-corrected chi connectivity index (χ0v) is 20.8. The number of nitrogens with zero attached hydrogens (tertiary/aromatic N) is 1. The predicted molar refractivity (Wildman–Crippen MR) is 134 cm³/mol. The number of likely N-dealkylation sites (tertiary alicyclic amines) is 1.